The Hall–Kier alpha value is -2.62. The number of carbonyl (C=O) groups excluding carboxylic acids is 3. The van der Waals surface area contributed by atoms with Crippen molar-refractivity contribution >= 4 is 33.6 Å². The molecule has 0 bridgehead atoms. The van der Waals surface area contributed by atoms with Crippen molar-refractivity contribution in [1.29, 1.82) is 0 Å². The van der Waals surface area contributed by atoms with E-state index in [0.29, 0.717) is 24.2 Å². The zero-order valence-corrected chi connectivity index (χ0v) is 15.6. The number of esters is 1. The quantitative estimate of drug-likeness (QED) is 0.710. The van der Waals surface area contributed by atoms with Crippen molar-refractivity contribution in [3.63, 3.8) is 0 Å². The zero-order valence-electron chi connectivity index (χ0n) is 14.7. The van der Waals surface area contributed by atoms with Gasteiger partial charge in [-0.3, -0.25) is 14.4 Å². The first-order valence-corrected chi connectivity index (χ1v) is 9.85. The van der Waals surface area contributed by atoms with Crippen LogP contribution in [0.5, 0.6) is 0 Å². The van der Waals surface area contributed by atoms with Crippen LogP contribution in [-0.2, 0) is 26.0 Å². The molecule has 1 aliphatic heterocycles. The molecular weight excluding hydrogens is 362 g/mol. The number of amides is 3. The monoisotopic (exact) mass is 383 g/mol. The van der Waals surface area contributed by atoms with Gasteiger partial charge in [-0.2, -0.15) is 0 Å². The Morgan fingerprint density at radius 2 is 2.00 bits per heavy atom. The average Bonchev–Trinajstić information content (AvgIpc) is 2.87. The van der Waals surface area contributed by atoms with Crippen molar-refractivity contribution in [2.45, 2.75) is 26.3 Å². The Bertz CT molecular complexity index is 836. The summed E-state index contributed by atoms with van der Waals surface area (Å²) in [4.78, 5) is 34.8. The number of urea groups is 1. The number of nitrogens with zero attached hydrogens (tertiary/aromatic N) is 1. The van der Waals surface area contributed by atoms with Gasteiger partial charge in [0, 0.05) is 12.6 Å². The van der Waals surface area contributed by atoms with E-state index in [1.165, 1.54) is 10.4 Å². The highest BCUT2D eigenvalue weighted by Gasteiger charge is 2.32. The predicted molar refractivity (Wildman–Crippen MR) is 94.4 cm³/mol. The van der Waals surface area contributed by atoms with Crippen LogP contribution < -0.4 is 14.9 Å². The lowest BCUT2D eigenvalue weighted by Crippen LogP contribution is -2.41. The molecule has 1 aliphatic rings. The van der Waals surface area contributed by atoms with E-state index in [1.807, 2.05) is 5.32 Å². The summed E-state index contributed by atoms with van der Waals surface area (Å²) in [6.07, 6.45) is 1.61. The SMILES string of the molecule is CCNC(=O)NC(=O)COC(=O)c1ccc2c(c1)C[C@@H](C)N2S(C)(=O)=O. The normalized spacial score (nSPS) is 16.0. The molecule has 0 saturated heterocycles. The summed E-state index contributed by atoms with van der Waals surface area (Å²) >= 11 is 0. The highest BCUT2D eigenvalue weighted by atomic mass is 32.2. The van der Waals surface area contributed by atoms with E-state index in [9.17, 15) is 22.8 Å². The molecule has 0 radical (unpaired) electrons. The van der Waals surface area contributed by atoms with Gasteiger partial charge in [-0.25, -0.2) is 18.0 Å². The average molecular weight is 383 g/mol. The van der Waals surface area contributed by atoms with Gasteiger partial charge in [0.05, 0.1) is 17.5 Å². The van der Waals surface area contributed by atoms with Gasteiger partial charge in [0.1, 0.15) is 0 Å². The molecule has 3 amide bonds. The number of nitrogens with one attached hydrogen (secondary N) is 2. The second-order valence-electron chi connectivity index (χ2n) is 5.94. The van der Waals surface area contributed by atoms with E-state index < -0.39 is 34.5 Å². The molecule has 9 nitrogen and oxygen atoms in total. The van der Waals surface area contributed by atoms with Crippen molar-refractivity contribution < 1.29 is 27.5 Å². The van der Waals surface area contributed by atoms with Gasteiger partial charge in [0.2, 0.25) is 10.0 Å². The lowest BCUT2D eigenvalue weighted by molar-refractivity contribution is -0.123. The fraction of sp³-hybridized carbons (Fsp3) is 0.438. The first kappa shape index (κ1) is 19.7. The second-order valence-corrected chi connectivity index (χ2v) is 7.80. The van der Waals surface area contributed by atoms with Crippen LogP contribution in [0.3, 0.4) is 0 Å². The van der Waals surface area contributed by atoms with Gasteiger partial charge in [-0.15, -0.1) is 0 Å². The Kier molecular flexibility index (Phi) is 5.86. The molecule has 10 heteroatoms. The molecule has 1 atom stereocenters. The molecular formula is C16H21N3O6S. The maximum atomic E-state index is 12.1. The van der Waals surface area contributed by atoms with E-state index >= 15 is 0 Å². The number of sulfonamides is 1. The van der Waals surface area contributed by atoms with Crippen molar-refractivity contribution in [1.82, 2.24) is 10.6 Å². The summed E-state index contributed by atoms with van der Waals surface area (Å²) in [5, 5.41) is 4.40. The Morgan fingerprint density at radius 3 is 2.62 bits per heavy atom. The summed E-state index contributed by atoms with van der Waals surface area (Å²) in [6, 6.07) is 3.64. The number of anilines is 1. The molecule has 1 aromatic rings. The van der Waals surface area contributed by atoms with Crippen LogP contribution in [-0.4, -0.2) is 51.8 Å². The molecule has 0 saturated carbocycles. The minimum Gasteiger partial charge on any atom is -0.452 e. The maximum absolute atomic E-state index is 12.1. The van der Waals surface area contributed by atoms with E-state index in [1.54, 1.807) is 26.0 Å². The van der Waals surface area contributed by atoms with Crippen LogP contribution >= 0.6 is 0 Å². The topological polar surface area (TPSA) is 122 Å². The summed E-state index contributed by atoms with van der Waals surface area (Å²) < 4.78 is 30.0. The number of ether oxygens (including phenoxy) is 1. The standard InChI is InChI=1S/C16H21N3O6S/c1-4-17-16(22)18-14(20)9-25-15(21)11-5-6-13-12(8-11)7-10(2)19(13)26(3,23)24/h5-6,8,10H,4,7,9H2,1-3H3,(H2,17,18,20,22)/t10-/m1/s1. The lowest BCUT2D eigenvalue weighted by Gasteiger charge is -2.21. The van der Waals surface area contributed by atoms with Crippen molar-refractivity contribution in [2.24, 2.45) is 0 Å². The Morgan fingerprint density at radius 1 is 1.31 bits per heavy atom. The number of imide groups is 1. The zero-order chi connectivity index (χ0) is 19.5. The highest BCUT2D eigenvalue weighted by molar-refractivity contribution is 7.92. The van der Waals surface area contributed by atoms with Gasteiger partial charge >= 0.3 is 12.0 Å². The van der Waals surface area contributed by atoms with Gasteiger partial charge in [-0.1, -0.05) is 0 Å². The van der Waals surface area contributed by atoms with Crippen LogP contribution in [0.25, 0.3) is 0 Å². The molecule has 1 heterocycles. The largest absolute Gasteiger partial charge is 0.452 e. The number of benzene rings is 1. The molecule has 0 aromatic heterocycles. The predicted octanol–water partition coefficient (Wildman–Crippen LogP) is 0.400. The maximum Gasteiger partial charge on any atom is 0.338 e. The smallest absolute Gasteiger partial charge is 0.338 e. The van der Waals surface area contributed by atoms with Crippen LogP contribution in [0.15, 0.2) is 18.2 Å². The molecule has 26 heavy (non-hydrogen) atoms. The molecule has 2 N–H and O–H groups in total. The molecule has 1 aromatic carbocycles. The lowest BCUT2D eigenvalue weighted by atomic mass is 10.1. The molecule has 142 valence electrons. The number of carbonyl (C=O) groups is 3. The third kappa shape index (κ3) is 4.51. The summed E-state index contributed by atoms with van der Waals surface area (Å²) in [6.45, 7) is 3.24. The third-order valence-corrected chi connectivity index (χ3v) is 5.02. The summed E-state index contributed by atoms with van der Waals surface area (Å²) in [7, 11) is -3.41. The van der Waals surface area contributed by atoms with Gasteiger partial charge in [0.15, 0.2) is 6.61 Å². The van der Waals surface area contributed by atoms with Crippen molar-refractivity contribution in [2.75, 3.05) is 23.7 Å². The van der Waals surface area contributed by atoms with Crippen LogP contribution in [0.4, 0.5) is 10.5 Å². The third-order valence-electron chi connectivity index (χ3n) is 3.75. The fourth-order valence-electron chi connectivity index (χ4n) is 2.82. The number of hydrogen-bond acceptors (Lipinski definition) is 6. The Labute approximate surface area is 151 Å². The van der Waals surface area contributed by atoms with E-state index in [0.717, 1.165) is 6.26 Å². The highest BCUT2D eigenvalue weighted by Crippen LogP contribution is 2.34. The fourth-order valence-corrected chi connectivity index (χ4v) is 4.08. The molecule has 0 aliphatic carbocycles. The molecule has 0 fully saturated rings. The molecule has 2 rings (SSSR count). The van der Waals surface area contributed by atoms with E-state index in [2.05, 4.69) is 5.32 Å². The minimum atomic E-state index is -3.41. The van der Waals surface area contributed by atoms with Crippen molar-refractivity contribution in [3.05, 3.63) is 29.3 Å². The summed E-state index contributed by atoms with van der Waals surface area (Å²) in [5.41, 5.74) is 1.45. The Balaban J connectivity index is 2.03. The number of fused-ring (bicyclic) bond motifs is 1. The molecule has 0 spiro atoms. The first-order valence-electron chi connectivity index (χ1n) is 8.00. The molecule has 0 unspecified atom stereocenters. The summed E-state index contributed by atoms with van der Waals surface area (Å²) in [5.74, 6) is -1.48. The van der Waals surface area contributed by atoms with Gasteiger partial charge in [0.25, 0.3) is 5.91 Å². The number of rotatable bonds is 5. The second kappa shape index (κ2) is 7.73. The van der Waals surface area contributed by atoms with E-state index in [4.69, 9.17) is 4.74 Å². The van der Waals surface area contributed by atoms with Crippen molar-refractivity contribution in [3.8, 4) is 0 Å². The van der Waals surface area contributed by atoms with E-state index in [-0.39, 0.29) is 11.6 Å². The minimum absolute atomic E-state index is 0.206. The van der Waals surface area contributed by atoms with Crippen LogP contribution in [0.2, 0.25) is 0 Å². The van der Waals surface area contributed by atoms with Gasteiger partial charge in [-0.05, 0) is 44.0 Å². The number of hydrogen-bond donors (Lipinski definition) is 2. The first-order chi connectivity index (χ1) is 12.1. The van der Waals surface area contributed by atoms with Crippen LogP contribution in [0.1, 0.15) is 29.8 Å². The van der Waals surface area contributed by atoms with Crippen LogP contribution in [0, 0.1) is 0 Å². The van der Waals surface area contributed by atoms with Gasteiger partial charge < -0.3 is 10.1 Å².